The molecule has 0 saturated heterocycles. The number of nitrogens with one attached hydrogen (secondary N) is 1. The second-order valence-corrected chi connectivity index (χ2v) is 5.36. The SMILES string of the molecule is CC(C)(C)NCCCOc1ccc(CC#N)cc1. The molecule has 1 aromatic rings. The van der Waals surface area contributed by atoms with Crippen LogP contribution >= 0.6 is 0 Å². The average Bonchev–Trinajstić information content (AvgIpc) is 2.30. The molecule has 0 spiro atoms. The fraction of sp³-hybridized carbons (Fsp3) is 0.533. The van der Waals surface area contributed by atoms with Crippen LogP contribution < -0.4 is 10.1 Å². The molecule has 0 saturated carbocycles. The highest BCUT2D eigenvalue weighted by atomic mass is 16.5. The predicted octanol–water partition coefficient (Wildman–Crippen LogP) is 2.91. The van der Waals surface area contributed by atoms with Crippen molar-refractivity contribution in [3.05, 3.63) is 29.8 Å². The van der Waals surface area contributed by atoms with Gasteiger partial charge in [-0.25, -0.2) is 0 Å². The summed E-state index contributed by atoms with van der Waals surface area (Å²) in [6.45, 7) is 8.13. The molecule has 18 heavy (non-hydrogen) atoms. The number of hydrogen-bond acceptors (Lipinski definition) is 3. The summed E-state index contributed by atoms with van der Waals surface area (Å²) in [5.74, 6) is 0.868. The van der Waals surface area contributed by atoms with Gasteiger partial charge in [0.1, 0.15) is 5.75 Å². The van der Waals surface area contributed by atoms with Crippen LogP contribution in [0.1, 0.15) is 32.8 Å². The quantitative estimate of drug-likeness (QED) is 0.785. The lowest BCUT2D eigenvalue weighted by Crippen LogP contribution is -2.36. The third kappa shape index (κ3) is 6.27. The Labute approximate surface area is 110 Å². The normalized spacial score (nSPS) is 11.0. The van der Waals surface area contributed by atoms with Crippen LogP contribution in [0.4, 0.5) is 0 Å². The highest BCUT2D eigenvalue weighted by Gasteiger charge is 2.07. The van der Waals surface area contributed by atoms with Crippen LogP contribution in [0.2, 0.25) is 0 Å². The predicted molar refractivity (Wildman–Crippen MR) is 73.6 cm³/mol. The van der Waals surface area contributed by atoms with E-state index in [9.17, 15) is 0 Å². The number of nitriles is 1. The topological polar surface area (TPSA) is 45.0 Å². The number of rotatable bonds is 6. The van der Waals surface area contributed by atoms with E-state index in [0.29, 0.717) is 13.0 Å². The van der Waals surface area contributed by atoms with Crippen LogP contribution in [0.15, 0.2) is 24.3 Å². The largest absolute Gasteiger partial charge is 0.494 e. The Hall–Kier alpha value is -1.53. The van der Waals surface area contributed by atoms with Gasteiger partial charge in [0.25, 0.3) is 0 Å². The number of ether oxygens (including phenoxy) is 1. The second-order valence-electron chi connectivity index (χ2n) is 5.36. The van der Waals surface area contributed by atoms with Gasteiger partial charge in [0.15, 0.2) is 0 Å². The summed E-state index contributed by atoms with van der Waals surface area (Å²) in [4.78, 5) is 0. The Bertz CT molecular complexity index is 384. The van der Waals surface area contributed by atoms with E-state index in [0.717, 1.165) is 24.3 Å². The average molecular weight is 246 g/mol. The highest BCUT2D eigenvalue weighted by Crippen LogP contribution is 2.12. The molecule has 0 aliphatic carbocycles. The monoisotopic (exact) mass is 246 g/mol. The maximum absolute atomic E-state index is 8.57. The van der Waals surface area contributed by atoms with E-state index in [4.69, 9.17) is 10.00 Å². The van der Waals surface area contributed by atoms with Gasteiger partial charge >= 0.3 is 0 Å². The molecular formula is C15H22N2O. The van der Waals surface area contributed by atoms with E-state index in [2.05, 4.69) is 32.2 Å². The zero-order valence-electron chi connectivity index (χ0n) is 11.5. The zero-order valence-corrected chi connectivity index (χ0v) is 11.5. The maximum atomic E-state index is 8.57. The van der Waals surface area contributed by atoms with E-state index >= 15 is 0 Å². The van der Waals surface area contributed by atoms with E-state index in [-0.39, 0.29) is 5.54 Å². The van der Waals surface area contributed by atoms with Crippen molar-refractivity contribution < 1.29 is 4.74 Å². The summed E-state index contributed by atoms with van der Waals surface area (Å²) in [7, 11) is 0. The van der Waals surface area contributed by atoms with Crippen molar-refractivity contribution in [1.82, 2.24) is 5.32 Å². The summed E-state index contributed by atoms with van der Waals surface area (Å²) in [6.07, 6.45) is 1.44. The van der Waals surface area contributed by atoms with Crippen molar-refractivity contribution in [2.45, 2.75) is 39.2 Å². The Morgan fingerprint density at radius 2 is 1.89 bits per heavy atom. The Kier molecular flexibility index (Phi) is 5.67. The van der Waals surface area contributed by atoms with E-state index in [1.54, 1.807) is 0 Å². The summed E-state index contributed by atoms with van der Waals surface area (Å²) >= 11 is 0. The fourth-order valence-electron chi connectivity index (χ4n) is 1.52. The summed E-state index contributed by atoms with van der Waals surface area (Å²) < 4.78 is 5.63. The van der Waals surface area contributed by atoms with Gasteiger partial charge in [0.2, 0.25) is 0 Å². The van der Waals surface area contributed by atoms with Crippen molar-refractivity contribution in [3.8, 4) is 11.8 Å². The van der Waals surface area contributed by atoms with Gasteiger partial charge in [-0.15, -0.1) is 0 Å². The first kappa shape index (κ1) is 14.5. The molecule has 0 aromatic heterocycles. The second kappa shape index (κ2) is 7.03. The molecule has 0 atom stereocenters. The Balaban J connectivity index is 2.22. The van der Waals surface area contributed by atoms with Crippen molar-refractivity contribution in [3.63, 3.8) is 0 Å². The molecule has 0 radical (unpaired) electrons. The van der Waals surface area contributed by atoms with Gasteiger partial charge in [0, 0.05) is 5.54 Å². The Morgan fingerprint density at radius 1 is 1.22 bits per heavy atom. The van der Waals surface area contributed by atoms with Gasteiger partial charge in [0.05, 0.1) is 19.1 Å². The summed E-state index contributed by atoms with van der Waals surface area (Å²) in [5, 5.41) is 12.0. The minimum atomic E-state index is 0.166. The van der Waals surface area contributed by atoms with Crippen molar-refractivity contribution >= 4 is 0 Å². The summed E-state index contributed by atoms with van der Waals surface area (Å²) in [6, 6.07) is 9.84. The first-order valence-electron chi connectivity index (χ1n) is 6.35. The molecule has 3 heteroatoms. The van der Waals surface area contributed by atoms with Crippen LogP contribution in [-0.4, -0.2) is 18.7 Å². The first-order chi connectivity index (χ1) is 8.51. The van der Waals surface area contributed by atoms with Gasteiger partial charge in [-0.3, -0.25) is 0 Å². The van der Waals surface area contributed by atoms with Crippen molar-refractivity contribution in [1.29, 1.82) is 5.26 Å². The molecule has 0 amide bonds. The highest BCUT2D eigenvalue weighted by molar-refractivity contribution is 5.28. The lowest BCUT2D eigenvalue weighted by molar-refractivity contribution is 0.298. The number of nitrogens with zero attached hydrogens (tertiary/aromatic N) is 1. The number of benzene rings is 1. The molecule has 0 unspecified atom stereocenters. The van der Waals surface area contributed by atoms with Crippen LogP contribution in [0.25, 0.3) is 0 Å². The van der Waals surface area contributed by atoms with Crippen LogP contribution in [-0.2, 0) is 6.42 Å². The van der Waals surface area contributed by atoms with Gasteiger partial charge < -0.3 is 10.1 Å². The van der Waals surface area contributed by atoms with Gasteiger partial charge in [-0.2, -0.15) is 5.26 Å². The lowest BCUT2D eigenvalue weighted by Gasteiger charge is -2.20. The van der Waals surface area contributed by atoms with E-state index in [1.165, 1.54) is 0 Å². The molecule has 0 heterocycles. The molecule has 1 N–H and O–H groups in total. The molecule has 0 bridgehead atoms. The lowest BCUT2D eigenvalue weighted by atomic mass is 10.1. The molecule has 98 valence electrons. The summed E-state index contributed by atoms with van der Waals surface area (Å²) in [5.41, 5.74) is 1.19. The molecule has 0 aliphatic rings. The molecule has 1 rings (SSSR count). The fourth-order valence-corrected chi connectivity index (χ4v) is 1.52. The molecule has 1 aromatic carbocycles. The van der Waals surface area contributed by atoms with Gasteiger partial charge in [-0.05, 0) is 51.4 Å². The molecular weight excluding hydrogens is 224 g/mol. The van der Waals surface area contributed by atoms with Crippen LogP contribution in [0.5, 0.6) is 5.75 Å². The molecule has 0 aliphatic heterocycles. The third-order valence-corrected chi connectivity index (χ3v) is 2.45. The zero-order chi connectivity index (χ0) is 13.4. The minimum Gasteiger partial charge on any atom is -0.494 e. The standard InChI is InChI=1S/C15H22N2O/c1-15(2,3)17-11-4-12-18-14-7-5-13(6-8-14)9-10-16/h5-8,17H,4,9,11-12H2,1-3H3. The van der Waals surface area contributed by atoms with E-state index < -0.39 is 0 Å². The minimum absolute atomic E-state index is 0.166. The Morgan fingerprint density at radius 3 is 2.44 bits per heavy atom. The number of hydrogen-bond donors (Lipinski definition) is 1. The van der Waals surface area contributed by atoms with Crippen molar-refractivity contribution in [2.75, 3.05) is 13.2 Å². The van der Waals surface area contributed by atoms with Crippen LogP contribution in [0.3, 0.4) is 0 Å². The van der Waals surface area contributed by atoms with Crippen molar-refractivity contribution in [2.24, 2.45) is 0 Å². The molecule has 0 fully saturated rings. The molecule has 3 nitrogen and oxygen atoms in total. The smallest absolute Gasteiger partial charge is 0.119 e. The maximum Gasteiger partial charge on any atom is 0.119 e. The van der Waals surface area contributed by atoms with Crippen LogP contribution in [0, 0.1) is 11.3 Å². The van der Waals surface area contributed by atoms with Gasteiger partial charge in [-0.1, -0.05) is 12.1 Å². The first-order valence-corrected chi connectivity index (χ1v) is 6.35. The third-order valence-electron chi connectivity index (χ3n) is 2.45. The van der Waals surface area contributed by atoms with E-state index in [1.807, 2.05) is 24.3 Å².